The van der Waals surface area contributed by atoms with Crippen LogP contribution in [0, 0.1) is 5.92 Å². The third-order valence-corrected chi connectivity index (χ3v) is 8.18. The lowest BCUT2D eigenvalue weighted by Gasteiger charge is -2.29. The molecule has 1 aromatic carbocycles. The van der Waals surface area contributed by atoms with Gasteiger partial charge in [0.1, 0.15) is 21.0 Å². The molecule has 10 heteroatoms. The zero-order chi connectivity index (χ0) is 23.2. The van der Waals surface area contributed by atoms with E-state index in [0.717, 1.165) is 60.8 Å². The van der Waals surface area contributed by atoms with E-state index in [1.807, 2.05) is 30.3 Å². The first-order valence-corrected chi connectivity index (χ1v) is 12.5. The van der Waals surface area contributed by atoms with Gasteiger partial charge in [-0.3, -0.25) is 9.36 Å². The van der Waals surface area contributed by atoms with Crippen LogP contribution in [-0.2, 0) is 6.54 Å². The zero-order valence-corrected chi connectivity index (χ0v) is 21.0. The molecule has 6 rings (SSSR count). The van der Waals surface area contributed by atoms with Crippen LogP contribution in [0.4, 0.5) is 0 Å². The fourth-order valence-corrected chi connectivity index (χ4v) is 6.48. The molecule has 3 aromatic heterocycles. The number of halogens is 1. The van der Waals surface area contributed by atoms with E-state index in [1.165, 1.54) is 21.5 Å². The first-order chi connectivity index (χ1) is 16.6. The van der Waals surface area contributed by atoms with Crippen LogP contribution >= 0.6 is 23.7 Å². The fraction of sp³-hybridized carbons (Fsp3) is 0.400. The number of H-pyrrole nitrogens is 1. The van der Waals surface area contributed by atoms with Crippen LogP contribution < -0.4 is 20.7 Å². The Morgan fingerprint density at radius 3 is 2.89 bits per heavy atom. The Balaban J connectivity index is 0.00000253. The molecule has 2 aliphatic heterocycles. The van der Waals surface area contributed by atoms with E-state index in [0.29, 0.717) is 28.6 Å². The molecule has 5 heterocycles. The fourth-order valence-electron chi connectivity index (χ4n) is 5.43. The van der Waals surface area contributed by atoms with Gasteiger partial charge < -0.3 is 19.4 Å². The summed E-state index contributed by atoms with van der Waals surface area (Å²) in [4.78, 5) is 36.1. The Hall–Kier alpha value is -2.88. The van der Waals surface area contributed by atoms with E-state index < -0.39 is 0 Å². The number of fused-ring (bicyclic) bond motifs is 6. The Bertz CT molecular complexity index is 1480. The molecule has 0 amide bonds. The normalized spacial score (nSPS) is 19.2. The molecule has 184 valence electrons. The minimum absolute atomic E-state index is 0. The van der Waals surface area contributed by atoms with Gasteiger partial charge in [0.15, 0.2) is 0 Å². The predicted octanol–water partition coefficient (Wildman–Crippen LogP) is 3.62. The maximum Gasteiger partial charge on any atom is 0.328 e. The first-order valence-electron chi connectivity index (χ1n) is 11.7. The second kappa shape index (κ2) is 9.64. The van der Waals surface area contributed by atoms with Gasteiger partial charge in [0.2, 0.25) is 0 Å². The molecule has 4 aromatic rings. The summed E-state index contributed by atoms with van der Waals surface area (Å²) in [6.07, 6.45) is 3.38. The van der Waals surface area contributed by atoms with E-state index in [1.54, 1.807) is 13.3 Å². The van der Waals surface area contributed by atoms with Gasteiger partial charge in [-0.2, -0.15) is 0 Å². The monoisotopic (exact) mass is 514 g/mol. The van der Waals surface area contributed by atoms with E-state index in [-0.39, 0.29) is 23.7 Å². The summed E-state index contributed by atoms with van der Waals surface area (Å²) in [6, 6.07) is 9.70. The van der Waals surface area contributed by atoms with Gasteiger partial charge in [-0.15, -0.1) is 23.7 Å². The molecule has 0 saturated carbocycles. The highest BCUT2D eigenvalue weighted by atomic mass is 35.5. The molecule has 0 spiro atoms. The number of hydrogen-bond acceptors (Lipinski definition) is 7. The van der Waals surface area contributed by atoms with E-state index >= 15 is 0 Å². The molecule has 0 unspecified atom stereocenters. The third-order valence-electron chi connectivity index (χ3n) is 7.08. The number of ether oxygens (including phenoxy) is 2. The van der Waals surface area contributed by atoms with Crippen molar-refractivity contribution in [3.05, 3.63) is 62.9 Å². The van der Waals surface area contributed by atoms with Crippen molar-refractivity contribution in [3.8, 4) is 11.5 Å². The third kappa shape index (κ3) is 4.11. The Morgan fingerprint density at radius 2 is 2.03 bits per heavy atom. The van der Waals surface area contributed by atoms with Crippen molar-refractivity contribution in [2.75, 3.05) is 33.4 Å². The van der Waals surface area contributed by atoms with Crippen LogP contribution in [0.3, 0.4) is 0 Å². The maximum atomic E-state index is 13.0. The summed E-state index contributed by atoms with van der Waals surface area (Å²) in [5.74, 6) is 2.71. The highest BCUT2D eigenvalue weighted by molar-refractivity contribution is 7.25. The molecule has 2 atom stereocenters. The molecule has 35 heavy (non-hydrogen) atoms. The highest BCUT2D eigenvalue weighted by Gasteiger charge is 2.40. The standard InChI is InChI=1S/C25H26N4O4S.ClH/c1-32-18-7-4-8-19-20(18)17-13-28(12-15(17)14-33-19)10-2-3-11-29-24(30)22-21(27-25(29)31)16-6-5-9-26-23(16)34-22;/h4-9,15,17H,2-3,10-14H2,1H3,(H,27,31);1H/t15-,17-;/m1./s1. The number of methoxy groups -OCH3 is 1. The topological polar surface area (TPSA) is 89.5 Å². The SMILES string of the molecule is COc1cccc2c1[C@@H]1CN(CCCCn3c(=O)[nH]c4c(sc5ncccc54)c3=O)C[C@@H]1CO2.Cl. The molecule has 1 saturated heterocycles. The van der Waals surface area contributed by atoms with Gasteiger partial charge in [-0.1, -0.05) is 6.07 Å². The van der Waals surface area contributed by atoms with Crippen LogP contribution in [0.25, 0.3) is 20.4 Å². The Kier molecular flexibility index (Phi) is 6.57. The lowest BCUT2D eigenvalue weighted by atomic mass is 9.86. The number of aromatic amines is 1. The molecule has 8 nitrogen and oxygen atoms in total. The van der Waals surface area contributed by atoms with Crippen molar-refractivity contribution >= 4 is 44.2 Å². The molecule has 2 aliphatic rings. The van der Waals surface area contributed by atoms with Gasteiger partial charge in [0, 0.05) is 48.6 Å². The molecular formula is C25H27ClN4O4S. The molecule has 1 fully saturated rings. The minimum Gasteiger partial charge on any atom is -0.496 e. The van der Waals surface area contributed by atoms with Crippen LogP contribution in [-0.4, -0.2) is 52.8 Å². The number of rotatable bonds is 6. The summed E-state index contributed by atoms with van der Waals surface area (Å²) in [6.45, 7) is 4.04. The lowest BCUT2D eigenvalue weighted by Crippen LogP contribution is -2.34. The number of pyridine rings is 1. The highest BCUT2D eigenvalue weighted by Crippen LogP contribution is 2.46. The van der Waals surface area contributed by atoms with Gasteiger partial charge in [0.05, 0.1) is 19.2 Å². The van der Waals surface area contributed by atoms with Crippen LogP contribution in [0.1, 0.15) is 24.3 Å². The van der Waals surface area contributed by atoms with Crippen LogP contribution in [0.15, 0.2) is 46.1 Å². The molecule has 0 aliphatic carbocycles. The van der Waals surface area contributed by atoms with Crippen LogP contribution in [0.2, 0.25) is 0 Å². The number of likely N-dealkylation sites (tertiary alicyclic amines) is 1. The van der Waals surface area contributed by atoms with Crippen molar-refractivity contribution in [1.29, 1.82) is 0 Å². The lowest BCUT2D eigenvalue weighted by molar-refractivity contribution is 0.209. The largest absolute Gasteiger partial charge is 0.496 e. The average molecular weight is 515 g/mol. The summed E-state index contributed by atoms with van der Waals surface area (Å²) in [5.41, 5.74) is 1.20. The predicted molar refractivity (Wildman–Crippen MR) is 140 cm³/mol. The molecular weight excluding hydrogens is 488 g/mol. The molecule has 0 bridgehead atoms. The average Bonchev–Trinajstić information content (AvgIpc) is 3.44. The zero-order valence-electron chi connectivity index (χ0n) is 19.4. The first kappa shape index (κ1) is 23.8. The molecule has 0 radical (unpaired) electrons. The van der Waals surface area contributed by atoms with Crippen molar-refractivity contribution < 1.29 is 9.47 Å². The van der Waals surface area contributed by atoms with E-state index in [2.05, 4.69) is 14.9 Å². The number of nitrogens with one attached hydrogen (secondary N) is 1. The minimum atomic E-state index is -0.353. The Labute approximate surface area is 211 Å². The summed E-state index contributed by atoms with van der Waals surface area (Å²) < 4.78 is 13.5. The summed E-state index contributed by atoms with van der Waals surface area (Å²) in [5, 5.41) is 0.821. The van der Waals surface area contributed by atoms with E-state index in [9.17, 15) is 9.59 Å². The number of hydrogen-bond donors (Lipinski definition) is 1. The molecule has 1 N–H and O–H groups in total. The maximum absolute atomic E-state index is 13.0. The summed E-state index contributed by atoms with van der Waals surface area (Å²) in [7, 11) is 1.71. The number of unbranched alkanes of at least 4 members (excludes halogenated alkanes) is 1. The van der Waals surface area contributed by atoms with E-state index in [4.69, 9.17) is 9.47 Å². The second-order valence-electron chi connectivity index (χ2n) is 9.07. The second-order valence-corrected chi connectivity index (χ2v) is 10.1. The summed E-state index contributed by atoms with van der Waals surface area (Å²) >= 11 is 1.33. The van der Waals surface area contributed by atoms with Crippen LogP contribution in [0.5, 0.6) is 11.5 Å². The number of thiophene rings is 1. The Morgan fingerprint density at radius 1 is 1.17 bits per heavy atom. The van der Waals surface area contributed by atoms with Gasteiger partial charge in [-0.25, -0.2) is 9.78 Å². The van der Waals surface area contributed by atoms with Crippen molar-refractivity contribution in [2.45, 2.75) is 25.3 Å². The number of benzene rings is 1. The quantitative estimate of drug-likeness (QED) is 0.395. The van der Waals surface area contributed by atoms with Gasteiger partial charge in [0.25, 0.3) is 5.56 Å². The van der Waals surface area contributed by atoms with Crippen molar-refractivity contribution in [3.63, 3.8) is 0 Å². The number of aromatic nitrogens is 3. The van der Waals surface area contributed by atoms with Crippen molar-refractivity contribution in [1.82, 2.24) is 19.4 Å². The smallest absolute Gasteiger partial charge is 0.328 e. The van der Waals surface area contributed by atoms with Gasteiger partial charge in [-0.05, 0) is 43.7 Å². The van der Waals surface area contributed by atoms with Gasteiger partial charge >= 0.3 is 5.69 Å². The van der Waals surface area contributed by atoms with Crippen molar-refractivity contribution in [2.24, 2.45) is 5.92 Å². The number of nitrogens with zero attached hydrogens (tertiary/aromatic N) is 3.